The highest BCUT2D eigenvalue weighted by Crippen LogP contribution is 2.25. The predicted molar refractivity (Wildman–Crippen MR) is 125 cm³/mol. The Balaban J connectivity index is 1.35. The van der Waals surface area contributed by atoms with Gasteiger partial charge in [0.15, 0.2) is 0 Å². The van der Waals surface area contributed by atoms with Gasteiger partial charge >= 0.3 is 0 Å². The van der Waals surface area contributed by atoms with Crippen LogP contribution < -0.4 is 10.6 Å². The van der Waals surface area contributed by atoms with Crippen molar-refractivity contribution in [3.8, 4) is 0 Å². The minimum absolute atomic E-state index is 0.181. The molecule has 0 aliphatic carbocycles. The zero-order valence-corrected chi connectivity index (χ0v) is 19.1. The molecule has 0 aromatic heterocycles. The summed E-state index contributed by atoms with van der Waals surface area (Å²) in [5, 5.41) is 6.05. The third-order valence-corrected chi connectivity index (χ3v) is 6.20. The first kappa shape index (κ1) is 23.5. The summed E-state index contributed by atoms with van der Waals surface area (Å²) in [5.74, 6) is -0.654. The summed E-state index contributed by atoms with van der Waals surface area (Å²) in [6, 6.07) is 14.6. The lowest BCUT2D eigenvalue weighted by Crippen LogP contribution is -2.50. The topological polar surface area (TPSA) is 64.7 Å². The first-order valence-electron chi connectivity index (χ1n) is 10.5. The van der Waals surface area contributed by atoms with Gasteiger partial charge in [-0.25, -0.2) is 0 Å². The summed E-state index contributed by atoms with van der Waals surface area (Å²) in [7, 11) is 0. The van der Waals surface area contributed by atoms with Crippen molar-refractivity contribution in [2.24, 2.45) is 0 Å². The van der Waals surface area contributed by atoms with Crippen molar-refractivity contribution >= 4 is 35.0 Å². The largest absolute Gasteiger partial charge is 0.353 e. The zero-order chi connectivity index (χ0) is 22.2. The van der Waals surface area contributed by atoms with Crippen LogP contribution in [0.5, 0.6) is 0 Å². The molecule has 1 unspecified atom stereocenters. The van der Waals surface area contributed by atoms with Crippen molar-refractivity contribution in [2.45, 2.75) is 19.5 Å². The van der Waals surface area contributed by atoms with E-state index in [1.54, 1.807) is 25.1 Å². The Kier molecular flexibility index (Phi) is 8.72. The fourth-order valence-corrected chi connectivity index (χ4v) is 3.91. The summed E-state index contributed by atoms with van der Waals surface area (Å²) in [4.78, 5) is 29.5. The average molecular weight is 463 g/mol. The molecule has 0 bridgehead atoms. The lowest BCUT2D eigenvalue weighted by molar-refractivity contribution is -0.122. The van der Waals surface area contributed by atoms with E-state index < -0.39 is 11.9 Å². The maximum Gasteiger partial charge on any atom is 0.253 e. The summed E-state index contributed by atoms with van der Waals surface area (Å²) in [6.07, 6.45) is 0. The van der Waals surface area contributed by atoms with E-state index in [0.29, 0.717) is 11.6 Å². The number of piperazine rings is 1. The minimum atomic E-state index is -0.676. The van der Waals surface area contributed by atoms with Crippen molar-refractivity contribution in [1.82, 2.24) is 20.4 Å². The molecule has 31 heavy (non-hydrogen) atoms. The van der Waals surface area contributed by atoms with E-state index in [1.165, 1.54) is 5.56 Å². The monoisotopic (exact) mass is 462 g/mol. The molecule has 166 valence electrons. The van der Waals surface area contributed by atoms with Crippen molar-refractivity contribution in [1.29, 1.82) is 0 Å². The molecular formula is C23H28Cl2N4O2. The molecule has 1 heterocycles. The van der Waals surface area contributed by atoms with Crippen molar-refractivity contribution < 1.29 is 9.59 Å². The molecule has 1 fully saturated rings. The van der Waals surface area contributed by atoms with E-state index in [9.17, 15) is 9.59 Å². The van der Waals surface area contributed by atoms with Gasteiger partial charge in [-0.2, -0.15) is 0 Å². The van der Waals surface area contributed by atoms with Crippen LogP contribution in [0.25, 0.3) is 0 Å². The molecule has 8 heteroatoms. The molecule has 2 aromatic carbocycles. The molecule has 1 atom stereocenters. The van der Waals surface area contributed by atoms with E-state index in [0.717, 1.165) is 39.3 Å². The lowest BCUT2D eigenvalue weighted by Gasteiger charge is -2.34. The van der Waals surface area contributed by atoms with Crippen LogP contribution in [0.4, 0.5) is 0 Å². The van der Waals surface area contributed by atoms with Gasteiger partial charge in [0.1, 0.15) is 6.04 Å². The number of halogens is 2. The Bertz CT molecular complexity index is 886. The normalized spacial score (nSPS) is 16.0. The Hall–Kier alpha value is -2.12. The molecule has 0 spiro atoms. The number of benzene rings is 2. The number of hydrogen-bond acceptors (Lipinski definition) is 4. The Morgan fingerprint density at radius 2 is 1.65 bits per heavy atom. The molecule has 3 rings (SSSR count). The van der Waals surface area contributed by atoms with Gasteiger partial charge in [-0.05, 0) is 24.6 Å². The highest BCUT2D eigenvalue weighted by atomic mass is 35.5. The summed E-state index contributed by atoms with van der Waals surface area (Å²) >= 11 is 12.0. The van der Waals surface area contributed by atoms with Crippen LogP contribution in [0.3, 0.4) is 0 Å². The molecule has 0 saturated carbocycles. The molecule has 1 aliphatic heterocycles. The number of carbonyl (C=O) groups excluding carboxylic acids is 2. The van der Waals surface area contributed by atoms with Crippen molar-refractivity contribution in [3.63, 3.8) is 0 Å². The first-order valence-corrected chi connectivity index (χ1v) is 11.2. The summed E-state index contributed by atoms with van der Waals surface area (Å²) in [6.45, 7) is 7.91. The van der Waals surface area contributed by atoms with Gasteiger partial charge in [-0.1, -0.05) is 59.6 Å². The molecular weight excluding hydrogens is 435 g/mol. The van der Waals surface area contributed by atoms with Crippen LogP contribution in [0, 0.1) is 0 Å². The number of rotatable bonds is 8. The van der Waals surface area contributed by atoms with Gasteiger partial charge in [0.25, 0.3) is 5.91 Å². The predicted octanol–water partition coefficient (Wildman–Crippen LogP) is 3.05. The van der Waals surface area contributed by atoms with E-state index >= 15 is 0 Å². The van der Waals surface area contributed by atoms with E-state index in [4.69, 9.17) is 23.2 Å². The second kappa shape index (κ2) is 11.5. The quantitative estimate of drug-likeness (QED) is 0.632. The van der Waals surface area contributed by atoms with E-state index in [-0.39, 0.29) is 16.5 Å². The van der Waals surface area contributed by atoms with Gasteiger partial charge < -0.3 is 10.6 Å². The van der Waals surface area contributed by atoms with Crippen LogP contribution in [-0.4, -0.2) is 66.9 Å². The Morgan fingerprint density at radius 3 is 2.35 bits per heavy atom. The number of nitrogens with one attached hydrogen (secondary N) is 2. The van der Waals surface area contributed by atoms with Crippen LogP contribution >= 0.6 is 23.2 Å². The number of nitrogens with zero attached hydrogens (tertiary/aromatic N) is 2. The van der Waals surface area contributed by atoms with Crippen molar-refractivity contribution in [2.75, 3.05) is 39.3 Å². The summed E-state index contributed by atoms with van der Waals surface area (Å²) < 4.78 is 0. The van der Waals surface area contributed by atoms with Crippen LogP contribution in [-0.2, 0) is 11.3 Å². The molecule has 0 radical (unpaired) electrons. The number of carbonyl (C=O) groups is 2. The first-order chi connectivity index (χ1) is 14.9. The maximum atomic E-state index is 12.4. The molecule has 1 saturated heterocycles. The third-order valence-electron chi connectivity index (χ3n) is 5.38. The smallest absolute Gasteiger partial charge is 0.253 e. The van der Waals surface area contributed by atoms with E-state index in [1.807, 2.05) is 6.07 Å². The van der Waals surface area contributed by atoms with Crippen LogP contribution in [0.1, 0.15) is 22.8 Å². The number of hydrogen-bond donors (Lipinski definition) is 2. The van der Waals surface area contributed by atoms with Gasteiger partial charge in [0.2, 0.25) is 5.91 Å². The van der Waals surface area contributed by atoms with Gasteiger partial charge in [0, 0.05) is 45.8 Å². The SMILES string of the molecule is CC(NC(=O)c1cccc(Cl)c1Cl)C(=O)NCCN1CCN(Cc2ccccc2)CC1. The maximum absolute atomic E-state index is 12.4. The molecule has 2 N–H and O–H groups in total. The fourth-order valence-electron chi connectivity index (χ4n) is 3.52. The van der Waals surface area contributed by atoms with E-state index in [2.05, 4.69) is 44.7 Å². The molecule has 2 amide bonds. The highest BCUT2D eigenvalue weighted by Gasteiger charge is 2.20. The van der Waals surface area contributed by atoms with Gasteiger partial charge in [-0.15, -0.1) is 0 Å². The minimum Gasteiger partial charge on any atom is -0.353 e. The number of amides is 2. The molecule has 2 aromatic rings. The third kappa shape index (κ3) is 6.94. The second-order valence-electron chi connectivity index (χ2n) is 7.69. The average Bonchev–Trinajstić information content (AvgIpc) is 2.77. The Labute approximate surface area is 193 Å². The second-order valence-corrected chi connectivity index (χ2v) is 8.48. The molecule has 6 nitrogen and oxygen atoms in total. The summed E-state index contributed by atoms with van der Waals surface area (Å²) in [5.41, 5.74) is 1.58. The van der Waals surface area contributed by atoms with Crippen LogP contribution in [0.15, 0.2) is 48.5 Å². The molecule has 1 aliphatic rings. The van der Waals surface area contributed by atoms with Crippen LogP contribution in [0.2, 0.25) is 10.0 Å². The zero-order valence-electron chi connectivity index (χ0n) is 17.6. The fraction of sp³-hybridized carbons (Fsp3) is 0.391. The lowest BCUT2D eigenvalue weighted by atomic mass is 10.2. The highest BCUT2D eigenvalue weighted by molar-refractivity contribution is 6.43. The van der Waals surface area contributed by atoms with Gasteiger partial charge in [0.05, 0.1) is 15.6 Å². The van der Waals surface area contributed by atoms with Crippen molar-refractivity contribution in [3.05, 3.63) is 69.7 Å². The Morgan fingerprint density at radius 1 is 0.968 bits per heavy atom. The standard InChI is InChI=1S/C23H28Cl2N4O2/c1-17(27-23(31)19-8-5-9-20(24)21(19)25)22(30)26-10-11-28-12-14-29(15-13-28)16-18-6-3-2-4-7-18/h2-9,17H,10-16H2,1H3,(H,26,30)(H,27,31). The van der Waals surface area contributed by atoms with Gasteiger partial charge in [-0.3, -0.25) is 19.4 Å².